The summed E-state index contributed by atoms with van der Waals surface area (Å²) in [6, 6.07) is 15.9. The topological polar surface area (TPSA) is 87.8 Å². The van der Waals surface area contributed by atoms with Crippen LogP contribution >= 0.6 is 0 Å². The van der Waals surface area contributed by atoms with Crippen LogP contribution in [0.1, 0.15) is 36.3 Å². The molecule has 0 spiro atoms. The second-order valence-electron chi connectivity index (χ2n) is 8.45. The van der Waals surface area contributed by atoms with E-state index in [4.69, 9.17) is 9.15 Å². The summed E-state index contributed by atoms with van der Waals surface area (Å²) in [6.45, 7) is 3.27. The Morgan fingerprint density at radius 1 is 1.12 bits per heavy atom. The van der Waals surface area contributed by atoms with Gasteiger partial charge in [-0.15, -0.1) is 0 Å². The Bertz CT molecular complexity index is 1020. The van der Waals surface area contributed by atoms with Gasteiger partial charge in [-0.1, -0.05) is 24.3 Å². The van der Waals surface area contributed by atoms with Crippen molar-refractivity contribution < 1.29 is 19.1 Å². The molecular formula is C26H31N3O4. The van der Waals surface area contributed by atoms with E-state index < -0.39 is 0 Å². The molecule has 2 aromatic carbocycles. The molecule has 0 unspecified atom stereocenters. The van der Waals surface area contributed by atoms with Gasteiger partial charge in [0.25, 0.3) is 0 Å². The van der Waals surface area contributed by atoms with E-state index in [-0.39, 0.29) is 12.0 Å². The highest BCUT2D eigenvalue weighted by Crippen LogP contribution is 2.23. The largest absolute Gasteiger partial charge is 0.497 e. The highest BCUT2D eigenvalue weighted by atomic mass is 16.5. The maximum absolute atomic E-state index is 12.3. The van der Waals surface area contributed by atoms with Gasteiger partial charge in [0.2, 0.25) is 5.91 Å². The van der Waals surface area contributed by atoms with Gasteiger partial charge in [0, 0.05) is 44.6 Å². The lowest BCUT2D eigenvalue weighted by molar-refractivity contribution is -0.121. The smallest absolute Gasteiger partial charge is 0.220 e. The monoisotopic (exact) mass is 449 g/mol. The van der Waals surface area contributed by atoms with Crippen molar-refractivity contribution in [1.29, 1.82) is 0 Å². The predicted octanol–water partition coefficient (Wildman–Crippen LogP) is 3.56. The molecule has 0 aliphatic carbocycles. The van der Waals surface area contributed by atoms with Gasteiger partial charge < -0.3 is 19.6 Å². The minimum atomic E-state index is -0.147. The molecule has 7 nitrogen and oxygen atoms in total. The van der Waals surface area contributed by atoms with E-state index >= 15 is 0 Å². The van der Waals surface area contributed by atoms with E-state index in [9.17, 15) is 9.90 Å². The Morgan fingerprint density at radius 2 is 1.82 bits per heavy atom. The molecule has 4 rings (SSSR count). The molecule has 2 heterocycles. The second kappa shape index (κ2) is 11.1. The summed E-state index contributed by atoms with van der Waals surface area (Å²) in [5, 5.41) is 12.6. The number of methoxy groups -OCH3 is 1. The van der Waals surface area contributed by atoms with Crippen LogP contribution in [0.4, 0.5) is 0 Å². The number of nitrogens with zero attached hydrogens (tertiary/aromatic N) is 2. The lowest BCUT2D eigenvalue weighted by atomic mass is 10.1. The number of aromatic nitrogens is 1. The van der Waals surface area contributed by atoms with Gasteiger partial charge in [0.05, 0.1) is 19.4 Å². The molecule has 174 valence electrons. The van der Waals surface area contributed by atoms with Crippen LogP contribution in [-0.2, 0) is 24.3 Å². The molecule has 3 aromatic rings. The fourth-order valence-electron chi connectivity index (χ4n) is 3.92. The Balaban J connectivity index is 1.19. The fourth-order valence-corrected chi connectivity index (χ4v) is 3.92. The van der Waals surface area contributed by atoms with Crippen LogP contribution < -0.4 is 10.1 Å². The Kier molecular flexibility index (Phi) is 7.75. The van der Waals surface area contributed by atoms with Crippen LogP contribution in [0, 0.1) is 0 Å². The minimum absolute atomic E-state index is 0.0323. The number of nitrogens with one attached hydrogen (secondary N) is 1. The lowest BCUT2D eigenvalue weighted by Gasteiger charge is -2.29. The van der Waals surface area contributed by atoms with Crippen molar-refractivity contribution >= 4 is 5.91 Å². The zero-order valence-electron chi connectivity index (χ0n) is 19.0. The number of piperidine rings is 1. The van der Waals surface area contributed by atoms with Gasteiger partial charge in [-0.25, -0.2) is 4.98 Å². The predicted molar refractivity (Wildman–Crippen MR) is 126 cm³/mol. The molecule has 1 aliphatic heterocycles. The summed E-state index contributed by atoms with van der Waals surface area (Å²) in [6.07, 6.45) is 4.00. The number of aryl methyl sites for hydroxylation is 1. The maximum atomic E-state index is 12.3. The van der Waals surface area contributed by atoms with Crippen molar-refractivity contribution in [3.05, 3.63) is 71.7 Å². The van der Waals surface area contributed by atoms with E-state index in [2.05, 4.69) is 39.5 Å². The third-order valence-corrected chi connectivity index (χ3v) is 5.97. The molecule has 7 heteroatoms. The first-order valence-corrected chi connectivity index (χ1v) is 11.4. The average molecular weight is 450 g/mol. The molecule has 1 fully saturated rings. The molecule has 0 bridgehead atoms. The number of aliphatic hydroxyl groups excluding tert-OH is 1. The Morgan fingerprint density at radius 3 is 2.52 bits per heavy atom. The number of hydrogen-bond donors (Lipinski definition) is 2. The van der Waals surface area contributed by atoms with Crippen LogP contribution in [0.25, 0.3) is 11.3 Å². The molecule has 2 N–H and O–H groups in total. The average Bonchev–Trinajstić information content (AvgIpc) is 3.33. The van der Waals surface area contributed by atoms with Crippen molar-refractivity contribution in [3.63, 3.8) is 0 Å². The number of hydrogen-bond acceptors (Lipinski definition) is 6. The summed E-state index contributed by atoms with van der Waals surface area (Å²) in [7, 11) is 1.63. The molecule has 0 saturated carbocycles. The summed E-state index contributed by atoms with van der Waals surface area (Å²) in [4.78, 5) is 18.9. The molecule has 33 heavy (non-hydrogen) atoms. The van der Waals surface area contributed by atoms with E-state index in [0.717, 1.165) is 49.4 Å². The van der Waals surface area contributed by atoms with E-state index in [0.29, 0.717) is 31.0 Å². The van der Waals surface area contributed by atoms with Crippen LogP contribution in [0.15, 0.2) is 59.1 Å². The van der Waals surface area contributed by atoms with Crippen molar-refractivity contribution in [2.75, 3.05) is 20.2 Å². The third kappa shape index (κ3) is 6.66. The first kappa shape index (κ1) is 23.0. The van der Waals surface area contributed by atoms with Crippen LogP contribution in [0.2, 0.25) is 0 Å². The first-order chi connectivity index (χ1) is 16.1. The molecule has 0 radical (unpaired) electrons. The van der Waals surface area contributed by atoms with Gasteiger partial charge in [-0.3, -0.25) is 9.69 Å². The number of likely N-dealkylation sites (tertiary alicyclic amines) is 1. The molecule has 0 atom stereocenters. The molecular weight excluding hydrogens is 418 g/mol. The summed E-state index contributed by atoms with van der Waals surface area (Å²) in [5.74, 6) is 1.97. The highest BCUT2D eigenvalue weighted by molar-refractivity contribution is 5.76. The number of carbonyl (C=O) groups is 1. The number of amides is 1. The lowest BCUT2D eigenvalue weighted by Crippen LogP contribution is -2.35. The highest BCUT2D eigenvalue weighted by Gasteiger charge is 2.16. The number of rotatable bonds is 9. The normalized spacial score (nSPS) is 14.8. The van der Waals surface area contributed by atoms with Gasteiger partial charge in [0.1, 0.15) is 5.75 Å². The summed E-state index contributed by atoms with van der Waals surface area (Å²) in [5.41, 5.74) is 3.23. The summed E-state index contributed by atoms with van der Waals surface area (Å²) < 4.78 is 11.0. The fraction of sp³-hybridized carbons (Fsp3) is 0.385. The van der Waals surface area contributed by atoms with Crippen LogP contribution in [0.5, 0.6) is 5.75 Å². The summed E-state index contributed by atoms with van der Waals surface area (Å²) >= 11 is 0. The Hall–Kier alpha value is -3.16. The van der Waals surface area contributed by atoms with Crippen LogP contribution in [-0.4, -0.2) is 47.2 Å². The van der Waals surface area contributed by atoms with Crippen molar-refractivity contribution in [3.8, 4) is 17.1 Å². The van der Waals surface area contributed by atoms with Gasteiger partial charge >= 0.3 is 0 Å². The van der Waals surface area contributed by atoms with Crippen molar-refractivity contribution in [2.24, 2.45) is 0 Å². The van der Waals surface area contributed by atoms with Crippen LogP contribution in [0.3, 0.4) is 0 Å². The Labute approximate surface area is 194 Å². The number of ether oxygens (including phenoxy) is 1. The van der Waals surface area contributed by atoms with Gasteiger partial charge in [0.15, 0.2) is 11.7 Å². The number of carbonyl (C=O) groups excluding carboxylic acids is 1. The SMILES string of the molecule is COc1ccc(-c2cnc(CCC(=O)NCc3ccc(CN4CCC(O)CC4)cc3)o2)cc1. The zero-order chi connectivity index (χ0) is 23.0. The van der Waals surface area contributed by atoms with E-state index in [1.165, 1.54) is 5.56 Å². The maximum Gasteiger partial charge on any atom is 0.220 e. The van der Waals surface area contributed by atoms with Crippen molar-refractivity contribution in [1.82, 2.24) is 15.2 Å². The standard InChI is InChI=1S/C26H31N3O4/c1-32-23-8-6-21(7-9-23)24-17-28-26(33-24)11-10-25(31)27-16-19-2-4-20(5-3-19)18-29-14-12-22(30)13-15-29/h2-9,17,22,30H,10-16,18H2,1H3,(H,27,31). The van der Waals surface area contributed by atoms with E-state index in [1.54, 1.807) is 13.3 Å². The third-order valence-electron chi connectivity index (χ3n) is 5.97. The van der Waals surface area contributed by atoms with Crippen molar-refractivity contribution in [2.45, 2.75) is 44.9 Å². The quantitative estimate of drug-likeness (QED) is 0.519. The number of oxazole rings is 1. The number of benzene rings is 2. The molecule has 1 aliphatic rings. The first-order valence-electron chi connectivity index (χ1n) is 11.4. The van der Waals surface area contributed by atoms with Gasteiger partial charge in [-0.05, 0) is 48.2 Å². The number of aliphatic hydroxyl groups is 1. The van der Waals surface area contributed by atoms with Gasteiger partial charge in [-0.2, -0.15) is 0 Å². The molecule has 1 saturated heterocycles. The van der Waals surface area contributed by atoms with E-state index in [1.807, 2.05) is 24.3 Å². The second-order valence-corrected chi connectivity index (χ2v) is 8.45. The molecule has 1 aromatic heterocycles. The zero-order valence-corrected chi connectivity index (χ0v) is 19.0. The minimum Gasteiger partial charge on any atom is -0.497 e. The molecule has 1 amide bonds.